The molecule has 6 rings (SSSR count). The molecular weight excluding hydrogens is 1070 g/mol. The predicted octanol–water partition coefficient (Wildman–Crippen LogP) is -4.57. The molecule has 79 heavy (non-hydrogen) atoms. The molecule has 0 amide bonds. The van der Waals surface area contributed by atoms with Crippen molar-refractivity contribution >= 4 is 0 Å². The molecule has 0 spiro atoms. The van der Waals surface area contributed by atoms with E-state index in [1.807, 2.05) is 0 Å². The second-order valence-corrected chi connectivity index (χ2v) is 19.1. The smallest absolute Gasteiger partial charge is 0.187 e. The van der Waals surface area contributed by atoms with Gasteiger partial charge in [0.05, 0.1) is 62.9 Å². The van der Waals surface area contributed by atoms with E-state index in [0.717, 1.165) is 0 Å². The van der Waals surface area contributed by atoms with Crippen molar-refractivity contribution in [3.05, 3.63) is 20.9 Å². The summed E-state index contributed by atoms with van der Waals surface area (Å²) in [6.07, 6.45) is -32.6. The number of aliphatic hydroxyl groups is 9. The lowest BCUT2D eigenvalue weighted by molar-refractivity contribution is -0.381. The van der Waals surface area contributed by atoms with Crippen molar-refractivity contribution in [2.75, 3.05) is 90.4 Å². The van der Waals surface area contributed by atoms with Gasteiger partial charge in [0.15, 0.2) is 37.7 Å². The van der Waals surface area contributed by atoms with Gasteiger partial charge in [-0.05, 0) is 24.9 Å². The van der Waals surface area contributed by atoms with Gasteiger partial charge in [0.1, 0.15) is 110 Å². The number of ether oxygens (including phenoxy) is 19. The number of hydrogen-bond acceptors (Lipinski definition) is 30. The predicted molar refractivity (Wildman–Crippen MR) is 257 cm³/mol. The largest absolute Gasteiger partial charge is 0.394 e. The fourth-order valence-corrected chi connectivity index (χ4v) is 10.4. The standard InChI is InChI=1S/C27H49N3O14.C18H31N3O14/c1-13-16(29-30-28)19(33-4)22(36-7)26(40-13)43-18-15(12-32-3)42-27(24(38-9)21(18)35-6)44-17-14(11-31-2)41-25(39-10)23(37-8)20(17)34-5;1-4-7(20-21-19)8(24)12(28)17(31-4)34-15-6(3-23)33-18(13(29)10(15)26)35-14-5(2-22)32-16(30)11(27)9(14)25/h13-27H,11-12H2,1-10H3;4-18,22-30H,2-3H2,1H3/t13?,14?,15?,16?,17?,18?,19?,20-,21?,22?,23?,24?,25?,26?,27?;4?,5?,6?,7?,8?,9-,10?,11?,12?,13?,14?,15?,16?,17?,18?/m10/s1. The van der Waals surface area contributed by atoms with E-state index in [0.29, 0.717) is 0 Å². The number of aliphatic hydroxyl groups excluding tert-OH is 9. The van der Waals surface area contributed by atoms with Crippen LogP contribution in [0, 0.1) is 0 Å². The monoisotopic (exact) mass is 1150 g/mol. The average molecular weight is 1150 g/mol. The highest BCUT2D eigenvalue weighted by molar-refractivity contribution is 5.01. The number of methoxy groups -OCH3 is 9. The topological polar surface area (TPSA) is 455 Å². The maximum atomic E-state index is 10.7. The third-order valence-electron chi connectivity index (χ3n) is 14.5. The first kappa shape index (κ1) is 67.3. The van der Waals surface area contributed by atoms with Crippen LogP contribution in [0.1, 0.15) is 13.8 Å². The van der Waals surface area contributed by atoms with Gasteiger partial charge in [0, 0.05) is 73.8 Å². The Labute approximate surface area is 454 Å². The summed E-state index contributed by atoms with van der Waals surface area (Å²) < 4.78 is 110. The lowest BCUT2D eigenvalue weighted by Gasteiger charge is -2.50. The summed E-state index contributed by atoms with van der Waals surface area (Å²) in [5.41, 5.74) is 17.7. The van der Waals surface area contributed by atoms with Gasteiger partial charge in [-0.3, -0.25) is 0 Å². The van der Waals surface area contributed by atoms with E-state index >= 15 is 0 Å². The minimum Gasteiger partial charge on any atom is -0.394 e. The van der Waals surface area contributed by atoms with Crippen LogP contribution in [0.5, 0.6) is 0 Å². The molecule has 0 saturated carbocycles. The van der Waals surface area contributed by atoms with E-state index in [1.54, 1.807) is 28.3 Å². The van der Waals surface area contributed by atoms with Crippen molar-refractivity contribution in [1.82, 2.24) is 0 Å². The van der Waals surface area contributed by atoms with Gasteiger partial charge in [-0.1, -0.05) is 10.2 Å². The molecule has 0 aromatic heterocycles. The minimum absolute atomic E-state index is 0.110. The van der Waals surface area contributed by atoms with Crippen molar-refractivity contribution in [3.8, 4) is 0 Å². The van der Waals surface area contributed by atoms with Gasteiger partial charge in [-0.15, -0.1) is 0 Å². The maximum Gasteiger partial charge on any atom is 0.187 e. The Bertz CT molecular complexity index is 1890. The highest BCUT2D eigenvalue weighted by atomic mass is 16.8. The van der Waals surface area contributed by atoms with E-state index in [1.165, 1.54) is 49.6 Å². The van der Waals surface area contributed by atoms with E-state index in [2.05, 4.69) is 20.1 Å². The van der Waals surface area contributed by atoms with Gasteiger partial charge >= 0.3 is 0 Å². The molecule has 0 aromatic carbocycles. The van der Waals surface area contributed by atoms with Crippen molar-refractivity contribution in [1.29, 1.82) is 0 Å². The Hall–Kier alpha value is -2.50. The SMILES string of the molecule is CC1OC(OC2C(CO)OC(OC3C(CO)OC(O)C(O)[C@@H]3O)C(O)C2O)C(O)C(O)C1N=[N+]=[N-].COCC1OC(OC2C(COC)OC(OC)C(OC)[C@@H]2OC)C(OC)C(OC)C1OC1OC(C)C(N=[N+]=[N-])C(OC)C1OC. The quantitative estimate of drug-likeness (QED) is 0.0264. The van der Waals surface area contributed by atoms with Crippen molar-refractivity contribution in [2.45, 2.75) is 198 Å². The molecule has 6 aliphatic heterocycles. The molecule has 6 heterocycles. The van der Waals surface area contributed by atoms with Crippen molar-refractivity contribution in [3.63, 3.8) is 0 Å². The van der Waals surface area contributed by atoms with Gasteiger partial charge in [0.2, 0.25) is 0 Å². The maximum absolute atomic E-state index is 10.7. The van der Waals surface area contributed by atoms with Gasteiger partial charge in [-0.2, -0.15) is 0 Å². The number of nitrogens with zero attached hydrogens (tertiary/aromatic N) is 6. The Morgan fingerprint density at radius 1 is 0.367 bits per heavy atom. The third kappa shape index (κ3) is 15.3. The Morgan fingerprint density at radius 3 is 1.20 bits per heavy atom. The van der Waals surface area contributed by atoms with E-state index in [9.17, 15) is 46.0 Å². The molecular formula is C45H80N6O28. The van der Waals surface area contributed by atoms with Crippen LogP contribution in [0.4, 0.5) is 0 Å². The first-order chi connectivity index (χ1) is 37.9. The van der Waals surface area contributed by atoms with Gasteiger partial charge < -0.3 is 136 Å². The molecule has 30 atom stereocenters. The Balaban J connectivity index is 0.000000298. The fourth-order valence-electron chi connectivity index (χ4n) is 10.4. The van der Waals surface area contributed by atoms with Crippen LogP contribution in [-0.4, -0.2) is 320 Å². The molecule has 6 fully saturated rings. The summed E-state index contributed by atoms with van der Waals surface area (Å²) >= 11 is 0. The molecule has 28 unspecified atom stereocenters. The third-order valence-corrected chi connectivity index (χ3v) is 14.5. The van der Waals surface area contributed by atoms with Gasteiger partial charge in [-0.25, -0.2) is 0 Å². The summed E-state index contributed by atoms with van der Waals surface area (Å²) in [6.45, 7) is 1.97. The zero-order valence-electron chi connectivity index (χ0n) is 45.6. The van der Waals surface area contributed by atoms with Crippen LogP contribution in [-0.2, 0) is 90.0 Å². The van der Waals surface area contributed by atoms with Crippen molar-refractivity contribution < 1.29 is 136 Å². The molecule has 6 saturated heterocycles. The summed E-state index contributed by atoms with van der Waals surface area (Å²) in [4.78, 5) is 5.53. The average Bonchev–Trinajstić information content (AvgIpc) is 3.46. The molecule has 458 valence electrons. The summed E-state index contributed by atoms with van der Waals surface area (Å²) in [5, 5.41) is 97.9. The summed E-state index contributed by atoms with van der Waals surface area (Å²) in [5.74, 6) is 0. The normalized spacial score (nSPS) is 46.5. The molecule has 0 aromatic rings. The summed E-state index contributed by atoms with van der Waals surface area (Å²) in [6, 6.07) is -1.77. The molecule has 9 N–H and O–H groups in total. The first-order valence-corrected chi connectivity index (χ1v) is 25.2. The Kier molecular flexibility index (Phi) is 27.2. The number of hydrogen-bond donors (Lipinski definition) is 9. The molecule has 0 bridgehead atoms. The zero-order valence-corrected chi connectivity index (χ0v) is 45.6. The van der Waals surface area contributed by atoms with Crippen LogP contribution >= 0.6 is 0 Å². The van der Waals surface area contributed by atoms with E-state index < -0.39 is 197 Å². The minimum atomic E-state index is -1.88. The Morgan fingerprint density at radius 2 is 0.734 bits per heavy atom. The van der Waals surface area contributed by atoms with Crippen LogP contribution in [0.15, 0.2) is 10.2 Å². The second-order valence-electron chi connectivity index (χ2n) is 19.1. The highest BCUT2D eigenvalue weighted by Crippen LogP contribution is 2.38. The van der Waals surface area contributed by atoms with E-state index in [-0.39, 0.29) is 13.2 Å². The number of rotatable bonds is 23. The molecule has 0 aliphatic carbocycles. The van der Waals surface area contributed by atoms with Crippen LogP contribution in [0.3, 0.4) is 0 Å². The fraction of sp³-hybridized carbons (Fsp3) is 1.00. The van der Waals surface area contributed by atoms with E-state index in [4.69, 9.17) is 101 Å². The molecule has 34 nitrogen and oxygen atoms in total. The van der Waals surface area contributed by atoms with Crippen molar-refractivity contribution in [2.24, 2.45) is 10.2 Å². The summed E-state index contributed by atoms with van der Waals surface area (Å²) in [7, 11) is 13.8. The van der Waals surface area contributed by atoms with Crippen LogP contribution < -0.4 is 0 Å². The lowest BCUT2D eigenvalue weighted by atomic mass is 9.95. The zero-order chi connectivity index (χ0) is 58.4. The highest BCUT2D eigenvalue weighted by Gasteiger charge is 2.57. The second kappa shape index (κ2) is 32.0. The lowest BCUT2D eigenvalue weighted by Crippen LogP contribution is -2.67. The molecule has 34 heteroatoms. The van der Waals surface area contributed by atoms with Gasteiger partial charge in [0.25, 0.3) is 0 Å². The van der Waals surface area contributed by atoms with Crippen LogP contribution in [0.25, 0.3) is 20.9 Å². The number of azide groups is 2. The molecule has 0 radical (unpaired) electrons. The van der Waals surface area contributed by atoms with Crippen LogP contribution in [0.2, 0.25) is 0 Å². The first-order valence-electron chi connectivity index (χ1n) is 25.2. The molecule has 6 aliphatic rings.